The van der Waals surface area contributed by atoms with Crippen LogP contribution in [0, 0.1) is 0 Å². The number of anilines is 1. The van der Waals surface area contributed by atoms with Crippen molar-refractivity contribution in [1.29, 1.82) is 0 Å². The second-order valence-corrected chi connectivity index (χ2v) is 5.89. The molecule has 9 heteroatoms. The van der Waals surface area contributed by atoms with Gasteiger partial charge in [-0.2, -0.15) is 17.8 Å². The number of esters is 1. The molecule has 106 valence electrons. The maximum Gasteiger partial charge on any atom is 0.327 e. The Morgan fingerprint density at radius 3 is 2.79 bits per heavy atom. The van der Waals surface area contributed by atoms with E-state index in [1.807, 2.05) is 0 Å². The number of methoxy groups -OCH3 is 1. The molecule has 2 heterocycles. The van der Waals surface area contributed by atoms with E-state index in [4.69, 9.17) is 0 Å². The highest BCUT2D eigenvalue weighted by molar-refractivity contribution is 7.90. The summed E-state index contributed by atoms with van der Waals surface area (Å²) in [4.78, 5) is 11.1. The smallest absolute Gasteiger partial charge is 0.327 e. The predicted octanol–water partition coefficient (Wildman–Crippen LogP) is -0.191. The van der Waals surface area contributed by atoms with Gasteiger partial charge >= 0.3 is 16.2 Å². The van der Waals surface area contributed by atoms with E-state index < -0.39 is 16.2 Å². The quantitative estimate of drug-likeness (QED) is 0.758. The summed E-state index contributed by atoms with van der Waals surface area (Å²) in [5.74, 6) is -0.447. The Hall–Kier alpha value is -1.61. The van der Waals surface area contributed by atoms with E-state index in [9.17, 15) is 13.2 Å². The normalized spacial score (nSPS) is 16.5. The number of nitrogens with zero attached hydrogens (tertiary/aromatic N) is 3. The molecule has 1 aliphatic heterocycles. The standard InChI is InChI=1S/C10H16N4O4S/c1-18-10(15)8-13-7-9(6-11-13)12-19(16,17)14-4-2-3-5-14/h6-7,12H,2-5,8H2,1H3. The lowest BCUT2D eigenvalue weighted by molar-refractivity contribution is -0.141. The molecular weight excluding hydrogens is 272 g/mol. The van der Waals surface area contributed by atoms with Gasteiger partial charge in [-0.25, -0.2) is 0 Å². The Morgan fingerprint density at radius 1 is 1.47 bits per heavy atom. The lowest BCUT2D eigenvalue weighted by atomic mass is 10.4. The summed E-state index contributed by atoms with van der Waals surface area (Å²) in [5, 5.41) is 3.89. The zero-order chi connectivity index (χ0) is 13.9. The van der Waals surface area contributed by atoms with E-state index in [0.29, 0.717) is 18.8 Å². The van der Waals surface area contributed by atoms with E-state index in [1.54, 1.807) is 0 Å². The number of carbonyl (C=O) groups excluding carboxylic acids is 1. The van der Waals surface area contributed by atoms with Crippen molar-refractivity contribution in [2.24, 2.45) is 0 Å². The number of nitrogens with one attached hydrogen (secondary N) is 1. The Labute approximate surface area is 111 Å². The van der Waals surface area contributed by atoms with Crippen molar-refractivity contribution < 1.29 is 17.9 Å². The first kappa shape index (κ1) is 13.8. The van der Waals surface area contributed by atoms with Crippen LogP contribution in [-0.4, -0.2) is 48.7 Å². The number of rotatable bonds is 5. The molecule has 1 aromatic rings. The Kier molecular flexibility index (Phi) is 4.05. The molecule has 0 bridgehead atoms. The largest absolute Gasteiger partial charge is 0.468 e. The first-order chi connectivity index (χ1) is 9.01. The Balaban J connectivity index is 2.01. The van der Waals surface area contributed by atoms with Crippen LogP contribution in [0.4, 0.5) is 5.69 Å². The van der Waals surface area contributed by atoms with Crippen LogP contribution in [-0.2, 0) is 26.3 Å². The third kappa shape index (κ3) is 3.44. The first-order valence-electron chi connectivity index (χ1n) is 5.88. The molecule has 0 unspecified atom stereocenters. The molecule has 19 heavy (non-hydrogen) atoms. The highest BCUT2D eigenvalue weighted by atomic mass is 32.2. The molecule has 0 saturated carbocycles. The van der Waals surface area contributed by atoms with Crippen molar-refractivity contribution >= 4 is 21.9 Å². The van der Waals surface area contributed by atoms with Crippen LogP contribution < -0.4 is 4.72 Å². The number of ether oxygens (including phenoxy) is 1. The fraction of sp³-hybridized carbons (Fsp3) is 0.600. The molecule has 1 saturated heterocycles. The number of hydrogen-bond acceptors (Lipinski definition) is 5. The summed E-state index contributed by atoms with van der Waals surface area (Å²) in [5.41, 5.74) is 0.329. The van der Waals surface area contributed by atoms with Crippen LogP contribution >= 0.6 is 0 Å². The van der Waals surface area contributed by atoms with Gasteiger partial charge < -0.3 is 4.74 Å². The van der Waals surface area contributed by atoms with E-state index in [2.05, 4.69) is 14.6 Å². The van der Waals surface area contributed by atoms with Gasteiger partial charge in [0, 0.05) is 19.3 Å². The van der Waals surface area contributed by atoms with Gasteiger partial charge in [-0.1, -0.05) is 0 Å². The lowest BCUT2D eigenvalue weighted by Crippen LogP contribution is -2.33. The minimum atomic E-state index is -3.52. The number of aromatic nitrogens is 2. The molecule has 0 amide bonds. The Bertz CT molecular complexity index is 548. The van der Waals surface area contributed by atoms with Crippen molar-refractivity contribution in [2.45, 2.75) is 19.4 Å². The zero-order valence-electron chi connectivity index (χ0n) is 10.6. The predicted molar refractivity (Wildman–Crippen MR) is 67.6 cm³/mol. The maximum atomic E-state index is 12.0. The molecule has 0 atom stereocenters. The van der Waals surface area contributed by atoms with Crippen LogP contribution in [0.15, 0.2) is 12.4 Å². The van der Waals surface area contributed by atoms with Crippen molar-refractivity contribution in [2.75, 3.05) is 24.9 Å². The number of hydrogen-bond donors (Lipinski definition) is 1. The Morgan fingerprint density at radius 2 is 2.16 bits per heavy atom. The summed E-state index contributed by atoms with van der Waals surface area (Å²) < 4.78 is 33.6. The second-order valence-electron chi connectivity index (χ2n) is 4.22. The van der Waals surface area contributed by atoms with Gasteiger partial charge in [0.15, 0.2) is 0 Å². The van der Waals surface area contributed by atoms with Crippen molar-refractivity contribution in [1.82, 2.24) is 14.1 Å². The van der Waals surface area contributed by atoms with E-state index in [-0.39, 0.29) is 6.54 Å². The molecule has 0 aliphatic carbocycles. The monoisotopic (exact) mass is 288 g/mol. The summed E-state index contributed by atoms with van der Waals surface area (Å²) in [6.45, 7) is 1.01. The molecule has 0 spiro atoms. The SMILES string of the molecule is COC(=O)Cn1cc(NS(=O)(=O)N2CCCC2)cn1. The molecule has 2 rings (SSSR count). The van der Waals surface area contributed by atoms with Crippen LogP contribution in [0.1, 0.15) is 12.8 Å². The van der Waals surface area contributed by atoms with Crippen molar-refractivity contribution in [3.63, 3.8) is 0 Å². The van der Waals surface area contributed by atoms with E-state index in [1.165, 1.54) is 28.5 Å². The molecule has 0 aromatic carbocycles. The number of carbonyl (C=O) groups is 1. The molecule has 1 aromatic heterocycles. The maximum absolute atomic E-state index is 12.0. The molecular formula is C10H16N4O4S. The summed E-state index contributed by atoms with van der Waals surface area (Å²) >= 11 is 0. The minimum Gasteiger partial charge on any atom is -0.468 e. The topological polar surface area (TPSA) is 93.5 Å². The first-order valence-corrected chi connectivity index (χ1v) is 7.32. The molecule has 1 N–H and O–H groups in total. The molecule has 1 aliphatic rings. The van der Waals surface area contributed by atoms with Crippen LogP contribution in [0.25, 0.3) is 0 Å². The highest BCUT2D eigenvalue weighted by Gasteiger charge is 2.25. The average Bonchev–Trinajstić information content (AvgIpc) is 3.00. The van der Waals surface area contributed by atoms with Gasteiger partial charge in [0.2, 0.25) is 0 Å². The van der Waals surface area contributed by atoms with E-state index in [0.717, 1.165) is 12.8 Å². The van der Waals surface area contributed by atoms with Crippen molar-refractivity contribution in [3.05, 3.63) is 12.4 Å². The van der Waals surface area contributed by atoms with E-state index >= 15 is 0 Å². The minimum absolute atomic E-state index is 0.0536. The second kappa shape index (κ2) is 5.57. The molecule has 8 nitrogen and oxygen atoms in total. The van der Waals surface area contributed by atoms with Crippen molar-refractivity contribution in [3.8, 4) is 0 Å². The molecule has 0 radical (unpaired) electrons. The van der Waals surface area contributed by atoms with Crippen LogP contribution in [0.5, 0.6) is 0 Å². The van der Waals surface area contributed by atoms with Gasteiger partial charge in [-0.05, 0) is 12.8 Å². The average molecular weight is 288 g/mol. The zero-order valence-corrected chi connectivity index (χ0v) is 11.4. The van der Waals surface area contributed by atoms with Gasteiger partial charge in [-0.15, -0.1) is 0 Å². The summed E-state index contributed by atoms with van der Waals surface area (Å²) in [7, 11) is -2.24. The summed E-state index contributed by atoms with van der Waals surface area (Å²) in [6.07, 6.45) is 4.56. The lowest BCUT2D eigenvalue weighted by Gasteiger charge is -2.15. The van der Waals surface area contributed by atoms with Gasteiger partial charge in [0.25, 0.3) is 0 Å². The molecule has 1 fully saturated rings. The fourth-order valence-electron chi connectivity index (χ4n) is 1.84. The third-order valence-corrected chi connectivity index (χ3v) is 4.34. The van der Waals surface area contributed by atoms with Crippen LogP contribution in [0.2, 0.25) is 0 Å². The summed E-state index contributed by atoms with van der Waals surface area (Å²) in [6, 6.07) is 0. The van der Waals surface area contributed by atoms with Gasteiger partial charge in [-0.3, -0.25) is 14.2 Å². The van der Waals surface area contributed by atoms with Crippen LogP contribution in [0.3, 0.4) is 0 Å². The fourth-order valence-corrected chi connectivity index (χ4v) is 3.11. The highest BCUT2D eigenvalue weighted by Crippen LogP contribution is 2.16. The van der Waals surface area contributed by atoms with Gasteiger partial charge in [0.05, 0.1) is 19.0 Å². The third-order valence-electron chi connectivity index (χ3n) is 2.80. The van der Waals surface area contributed by atoms with Gasteiger partial charge in [0.1, 0.15) is 6.54 Å².